The number of rotatable bonds is 5. The zero-order chi connectivity index (χ0) is 15.2. The maximum absolute atomic E-state index is 11.8. The second kappa shape index (κ2) is 7.56. The molecule has 0 aromatic carbocycles. The summed E-state index contributed by atoms with van der Waals surface area (Å²) >= 11 is 0. The summed E-state index contributed by atoms with van der Waals surface area (Å²) in [5.41, 5.74) is -0.0491. The maximum Gasteiger partial charge on any atom is 0.331 e. The number of carboxylic acids is 1. The number of hydrogen-bond acceptors (Lipinski definition) is 3. The van der Waals surface area contributed by atoms with Crippen LogP contribution >= 0.6 is 0 Å². The highest BCUT2D eigenvalue weighted by Crippen LogP contribution is 2.06. The normalized spacial score (nSPS) is 13.3. The Balaban J connectivity index is 4.70. The maximum atomic E-state index is 11.8. The Labute approximate surface area is 113 Å². The van der Waals surface area contributed by atoms with Gasteiger partial charge in [0.1, 0.15) is 0 Å². The molecule has 0 fully saturated rings. The molecule has 0 rings (SSSR count). The summed E-state index contributed by atoms with van der Waals surface area (Å²) in [5.74, 6) is -1.85. The third-order valence-electron chi connectivity index (χ3n) is 3.13. The van der Waals surface area contributed by atoms with Gasteiger partial charge >= 0.3 is 12.0 Å². The van der Waals surface area contributed by atoms with Crippen LogP contribution < -0.4 is 5.32 Å². The molecule has 1 atom stereocenters. The fraction of sp³-hybridized carbons (Fsp3) is 0.615. The molecule has 2 N–H and O–H groups in total. The predicted octanol–water partition coefficient (Wildman–Crippen LogP) is 1.76. The van der Waals surface area contributed by atoms with Crippen LogP contribution in [0.3, 0.4) is 0 Å². The number of nitrogens with zero attached hydrogens (tertiary/aromatic N) is 1. The van der Waals surface area contributed by atoms with Crippen LogP contribution in [0.2, 0.25) is 0 Å². The highest BCUT2D eigenvalue weighted by Gasteiger charge is 2.19. The van der Waals surface area contributed by atoms with E-state index in [0.29, 0.717) is 0 Å². The van der Waals surface area contributed by atoms with Crippen molar-refractivity contribution in [1.82, 2.24) is 10.2 Å². The molecule has 19 heavy (non-hydrogen) atoms. The quantitative estimate of drug-likeness (QED) is 0.745. The van der Waals surface area contributed by atoms with E-state index < -0.39 is 17.9 Å². The van der Waals surface area contributed by atoms with Gasteiger partial charge in [0.25, 0.3) is 5.91 Å². The highest BCUT2D eigenvalue weighted by molar-refractivity contribution is 6.07. The van der Waals surface area contributed by atoms with Crippen LogP contribution in [0.4, 0.5) is 4.79 Å². The Bertz CT molecular complexity index is 401. The second-order valence-corrected chi connectivity index (χ2v) is 4.56. The predicted molar refractivity (Wildman–Crippen MR) is 71.7 cm³/mol. The van der Waals surface area contributed by atoms with Crippen molar-refractivity contribution < 1.29 is 19.5 Å². The molecule has 6 heteroatoms. The molecular weight excluding hydrogens is 248 g/mol. The lowest BCUT2D eigenvalue weighted by atomic mass is 10.1. The standard InChI is InChI=1S/C13H22N2O4/c1-6-7-8(2)15(5)13(19)14-11(16)9(3)10(4)12(17)18/h8H,6-7H2,1-5H3,(H,17,18)(H,14,16,19). The Morgan fingerprint density at radius 2 is 1.74 bits per heavy atom. The molecule has 0 bridgehead atoms. The molecule has 0 aromatic rings. The summed E-state index contributed by atoms with van der Waals surface area (Å²) in [5, 5.41) is 11.0. The number of amides is 3. The average Bonchev–Trinajstić information content (AvgIpc) is 2.35. The van der Waals surface area contributed by atoms with Crippen LogP contribution in [0.1, 0.15) is 40.5 Å². The molecule has 0 saturated heterocycles. The molecule has 3 amide bonds. The zero-order valence-electron chi connectivity index (χ0n) is 12.1. The van der Waals surface area contributed by atoms with Crippen LogP contribution in [0.25, 0.3) is 0 Å². The summed E-state index contributed by atoms with van der Waals surface area (Å²) < 4.78 is 0. The van der Waals surface area contributed by atoms with Crippen molar-refractivity contribution in [3.8, 4) is 0 Å². The Hall–Kier alpha value is -1.85. The number of nitrogens with one attached hydrogen (secondary N) is 1. The van der Waals surface area contributed by atoms with E-state index in [1.807, 2.05) is 13.8 Å². The summed E-state index contributed by atoms with van der Waals surface area (Å²) in [6.45, 7) is 6.60. The van der Waals surface area contributed by atoms with Crippen LogP contribution in [-0.2, 0) is 9.59 Å². The minimum atomic E-state index is -1.17. The van der Waals surface area contributed by atoms with Crippen molar-refractivity contribution in [2.75, 3.05) is 7.05 Å². The first-order chi connectivity index (χ1) is 8.72. The van der Waals surface area contributed by atoms with Crippen molar-refractivity contribution in [3.05, 3.63) is 11.1 Å². The van der Waals surface area contributed by atoms with Gasteiger partial charge in [0, 0.05) is 24.2 Å². The monoisotopic (exact) mass is 270 g/mol. The average molecular weight is 270 g/mol. The Kier molecular flexibility index (Phi) is 6.82. The fourth-order valence-corrected chi connectivity index (χ4v) is 1.42. The summed E-state index contributed by atoms with van der Waals surface area (Å²) in [4.78, 5) is 35.7. The van der Waals surface area contributed by atoms with Gasteiger partial charge < -0.3 is 10.0 Å². The van der Waals surface area contributed by atoms with Gasteiger partial charge in [-0.3, -0.25) is 10.1 Å². The lowest BCUT2D eigenvalue weighted by Gasteiger charge is -2.24. The van der Waals surface area contributed by atoms with Gasteiger partial charge in [0.15, 0.2) is 0 Å². The van der Waals surface area contributed by atoms with Gasteiger partial charge in [-0.1, -0.05) is 13.3 Å². The first-order valence-electron chi connectivity index (χ1n) is 6.21. The van der Waals surface area contributed by atoms with E-state index in [-0.39, 0.29) is 17.2 Å². The van der Waals surface area contributed by atoms with Crippen LogP contribution in [-0.4, -0.2) is 41.0 Å². The minimum absolute atomic E-state index is 0.0163. The third kappa shape index (κ3) is 5.11. The molecule has 1 unspecified atom stereocenters. The van der Waals surface area contributed by atoms with E-state index in [1.54, 1.807) is 7.05 Å². The van der Waals surface area contributed by atoms with Crippen molar-refractivity contribution in [3.63, 3.8) is 0 Å². The van der Waals surface area contributed by atoms with Gasteiger partial charge in [-0.2, -0.15) is 0 Å². The van der Waals surface area contributed by atoms with Gasteiger partial charge in [0.2, 0.25) is 0 Å². The van der Waals surface area contributed by atoms with E-state index in [0.717, 1.165) is 12.8 Å². The van der Waals surface area contributed by atoms with Gasteiger partial charge in [-0.15, -0.1) is 0 Å². The molecule has 6 nitrogen and oxygen atoms in total. The van der Waals surface area contributed by atoms with E-state index in [9.17, 15) is 14.4 Å². The lowest BCUT2D eigenvalue weighted by Crippen LogP contribution is -2.45. The van der Waals surface area contributed by atoms with Gasteiger partial charge in [-0.05, 0) is 27.2 Å². The fourth-order valence-electron chi connectivity index (χ4n) is 1.42. The number of hydrogen-bond donors (Lipinski definition) is 2. The number of aliphatic carboxylic acids is 1. The second-order valence-electron chi connectivity index (χ2n) is 4.56. The topological polar surface area (TPSA) is 86.7 Å². The van der Waals surface area contributed by atoms with Crippen LogP contribution in [0, 0.1) is 0 Å². The van der Waals surface area contributed by atoms with Crippen LogP contribution in [0.15, 0.2) is 11.1 Å². The molecule has 108 valence electrons. The largest absolute Gasteiger partial charge is 0.478 e. The molecule has 0 radical (unpaired) electrons. The summed E-state index contributed by atoms with van der Waals surface area (Å²) in [6, 6.07) is -0.508. The lowest BCUT2D eigenvalue weighted by molar-refractivity contribution is -0.133. The highest BCUT2D eigenvalue weighted by atomic mass is 16.4. The van der Waals surface area contributed by atoms with Crippen molar-refractivity contribution in [2.24, 2.45) is 0 Å². The SMILES string of the molecule is CCCC(C)N(C)C(=O)NC(=O)C(C)=C(C)C(=O)O. The Morgan fingerprint density at radius 3 is 2.16 bits per heavy atom. The summed E-state index contributed by atoms with van der Waals surface area (Å²) in [6.07, 6.45) is 1.77. The van der Waals surface area contributed by atoms with Crippen molar-refractivity contribution in [1.29, 1.82) is 0 Å². The first kappa shape index (κ1) is 17.2. The Morgan fingerprint density at radius 1 is 1.21 bits per heavy atom. The first-order valence-corrected chi connectivity index (χ1v) is 6.21. The smallest absolute Gasteiger partial charge is 0.331 e. The van der Waals surface area contributed by atoms with E-state index in [2.05, 4.69) is 5.32 Å². The number of carbonyl (C=O) groups is 3. The molecule has 0 saturated carbocycles. The van der Waals surface area contributed by atoms with Crippen molar-refractivity contribution >= 4 is 17.9 Å². The van der Waals surface area contributed by atoms with Gasteiger partial charge in [-0.25, -0.2) is 9.59 Å². The molecule has 0 aromatic heterocycles. The van der Waals surface area contributed by atoms with Crippen LogP contribution in [0.5, 0.6) is 0 Å². The van der Waals surface area contributed by atoms with E-state index >= 15 is 0 Å². The van der Waals surface area contributed by atoms with Gasteiger partial charge in [0.05, 0.1) is 0 Å². The minimum Gasteiger partial charge on any atom is -0.478 e. The summed E-state index contributed by atoms with van der Waals surface area (Å²) in [7, 11) is 1.60. The van der Waals surface area contributed by atoms with E-state index in [1.165, 1.54) is 18.7 Å². The van der Waals surface area contributed by atoms with E-state index in [4.69, 9.17) is 5.11 Å². The molecule has 0 aliphatic rings. The number of carbonyl (C=O) groups excluding carboxylic acids is 2. The third-order valence-corrected chi connectivity index (χ3v) is 3.13. The molecule has 0 aliphatic heterocycles. The number of imide groups is 1. The number of carboxylic acid groups (broad SMARTS) is 1. The number of urea groups is 1. The molecular formula is C13H22N2O4. The van der Waals surface area contributed by atoms with Crippen molar-refractivity contribution in [2.45, 2.75) is 46.6 Å². The molecule has 0 heterocycles. The zero-order valence-corrected chi connectivity index (χ0v) is 12.1. The molecule has 0 spiro atoms. The molecule has 0 aliphatic carbocycles.